The second kappa shape index (κ2) is 4.52. The Morgan fingerprint density at radius 2 is 2.25 bits per heavy atom. The van der Waals surface area contributed by atoms with Gasteiger partial charge in [-0.3, -0.25) is 5.32 Å². The number of nitrogens with zero attached hydrogens (tertiary/aromatic N) is 2. The first kappa shape index (κ1) is 8.75. The van der Waals surface area contributed by atoms with Crippen LogP contribution in [-0.2, 0) is 0 Å². The van der Waals surface area contributed by atoms with Gasteiger partial charge in [0.2, 0.25) is 0 Å². The molecule has 0 amide bonds. The average molecular weight is 224 g/mol. The van der Waals surface area contributed by atoms with Gasteiger partial charge >= 0.3 is 0 Å². The molecule has 1 aromatic rings. The van der Waals surface area contributed by atoms with Crippen molar-refractivity contribution in [2.75, 3.05) is 0 Å². The predicted molar refractivity (Wildman–Crippen MR) is 51.0 cm³/mol. The fourth-order valence-corrected chi connectivity index (χ4v) is 1.07. The van der Waals surface area contributed by atoms with Crippen LogP contribution in [0.25, 0.3) is 0 Å². The first-order valence-corrected chi connectivity index (χ1v) is 4.05. The standard InChI is InChI=1S/C8H6BrN3/c9-7-3-1-2-4-8(7)12-6-11-5-10/h1-4,6H,(H,11,12). The number of aliphatic imine (C=N–C) groups is 1. The Morgan fingerprint density at radius 3 is 2.92 bits per heavy atom. The van der Waals surface area contributed by atoms with Gasteiger partial charge in [0.25, 0.3) is 0 Å². The van der Waals surface area contributed by atoms with Gasteiger partial charge in [-0.1, -0.05) is 12.1 Å². The molecule has 0 aliphatic carbocycles. The summed E-state index contributed by atoms with van der Waals surface area (Å²) >= 11 is 3.32. The van der Waals surface area contributed by atoms with E-state index in [9.17, 15) is 0 Å². The van der Waals surface area contributed by atoms with Crippen LogP contribution in [0.5, 0.6) is 0 Å². The van der Waals surface area contributed by atoms with Gasteiger partial charge in [0, 0.05) is 4.47 Å². The predicted octanol–water partition coefficient (Wildman–Crippen LogP) is 2.18. The molecule has 0 aromatic heterocycles. The molecule has 0 saturated carbocycles. The summed E-state index contributed by atoms with van der Waals surface area (Å²) in [6, 6.07) is 7.52. The van der Waals surface area contributed by atoms with E-state index in [4.69, 9.17) is 5.26 Å². The Bertz CT molecular complexity index is 327. The second-order valence-corrected chi connectivity index (χ2v) is 2.82. The molecule has 1 N–H and O–H groups in total. The molecule has 0 aliphatic rings. The molecule has 1 aromatic carbocycles. The van der Waals surface area contributed by atoms with Crippen LogP contribution in [0.2, 0.25) is 0 Å². The van der Waals surface area contributed by atoms with Gasteiger partial charge in [0.15, 0.2) is 6.19 Å². The van der Waals surface area contributed by atoms with Crippen molar-refractivity contribution in [3.63, 3.8) is 0 Å². The molecule has 0 bridgehead atoms. The number of nitriles is 1. The zero-order valence-electron chi connectivity index (χ0n) is 6.16. The molecule has 0 atom stereocenters. The molecule has 0 radical (unpaired) electrons. The number of rotatable bonds is 2. The molecule has 0 saturated heterocycles. The molecular formula is C8H6BrN3. The third-order valence-corrected chi connectivity index (χ3v) is 1.86. The van der Waals surface area contributed by atoms with E-state index in [1.54, 1.807) is 6.19 Å². The van der Waals surface area contributed by atoms with E-state index in [1.165, 1.54) is 6.34 Å². The molecule has 4 heteroatoms. The molecule has 3 nitrogen and oxygen atoms in total. The quantitative estimate of drug-likeness (QED) is 0.362. The van der Waals surface area contributed by atoms with Crippen molar-refractivity contribution in [3.05, 3.63) is 28.7 Å². The first-order chi connectivity index (χ1) is 5.84. The van der Waals surface area contributed by atoms with E-state index in [0.29, 0.717) is 0 Å². The molecule has 1 rings (SSSR count). The van der Waals surface area contributed by atoms with E-state index in [2.05, 4.69) is 26.2 Å². The summed E-state index contributed by atoms with van der Waals surface area (Å²) < 4.78 is 0.904. The van der Waals surface area contributed by atoms with Crippen molar-refractivity contribution in [2.45, 2.75) is 0 Å². The van der Waals surface area contributed by atoms with Gasteiger partial charge < -0.3 is 0 Å². The normalized spacial score (nSPS) is 9.67. The molecule has 60 valence electrons. The van der Waals surface area contributed by atoms with Crippen LogP contribution in [0.1, 0.15) is 0 Å². The fraction of sp³-hybridized carbons (Fsp3) is 0. The number of benzene rings is 1. The maximum Gasteiger partial charge on any atom is 0.182 e. The summed E-state index contributed by atoms with van der Waals surface area (Å²) in [5, 5.41) is 10.5. The number of nitrogens with one attached hydrogen (secondary N) is 1. The molecular weight excluding hydrogens is 218 g/mol. The van der Waals surface area contributed by atoms with E-state index in [1.807, 2.05) is 24.3 Å². The lowest BCUT2D eigenvalue weighted by atomic mass is 10.3. The summed E-state index contributed by atoms with van der Waals surface area (Å²) in [5.41, 5.74) is 0.792. The molecule has 0 fully saturated rings. The Labute approximate surface area is 78.9 Å². The second-order valence-electron chi connectivity index (χ2n) is 1.97. The summed E-state index contributed by atoms with van der Waals surface area (Å²) in [7, 11) is 0. The monoisotopic (exact) mass is 223 g/mol. The molecule has 12 heavy (non-hydrogen) atoms. The highest BCUT2D eigenvalue weighted by atomic mass is 79.9. The fourth-order valence-electron chi connectivity index (χ4n) is 0.687. The largest absolute Gasteiger partial charge is 0.283 e. The highest BCUT2D eigenvalue weighted by molar-refractivity contribution is 9.10. The minimum Gasteiger partial charge on any atom is -0.283 e. The molecule has 0 spiro atoms. The van der Waals surface area contributed by atoms with Crippen LogP contribution in [0.4, 0.5) is 5.69 Å². The Balaban J connectivity index is 2.77. The van der Waals surface area contributed by atoms with Crippen LogP contribution in [0, 0.1) is 11.5 Å². The van der Waals surface area contributed by atoms with E-state index in [0.717, 1.165) is 10.2 Å². The SMILES string of the molecule is N#CNC=Nc1ccccc1Br. The maximum absolute atomic E-state index is 8.15. The van der Waals surface area contributed by atoms with Crippen molar-refractivity contribution >= 4 is 28.0 Å². The molecule has 0 aliphatic heterocycles. The highest BCUT2D eigenvalue weighted by Gasteiger charge is 1.92. The number of hydrogen-bond donors (Lipinski definition) is 1. The Morgan fingerprint density at radius 1 is 1.50 bits per heavy atom. The zero-order chi connectivity index (χ0) is 8.81. The zero-order valence-corrected chi connectivity index (χ0v) is 7.75. The summed E-state index contributed by atoms with van der Waals surface area (Å²) in [4.78, 5) is 3.99. The van der Waals surface area contributed by atoms with Crippen molar-refractivity contribution in [1.29, 1.82) is 5.26 Å². The van der Waals surface area contributed by atoms with Gasteiger partial charge in [-0.05, 0) is 28.1 Å². The van der Waals surface area contributed by atoms with Crippen LogP contribution >= 0.6 is 15.9 Å². The minimum absolute atomic E-state index is 0.792. The highest BCUT2D eigenvalue weighted by Crippen LogP contribution is 2.23. The molecule has 0 unspecified atom stereocenters. The number of para-hydroxylation sites is 1. The van der Waals surface area contributed by atoms with Gasteiger partial charge in [-0.25, -0.2) is 4.99 Å². The van der Waals surface area contributed by atoms with Gasteiger partial charge in [0.1, 0.15) is 6.34 Å². The van der Waals surface area contributed by atoms with Crippen LogP contribution in [0.3, 0.4) is 0 Å². The summed E-state index contributed by atoms with van der Waals surface area (Å²) in [5.74, 6) is 0. The van der Waals surface area contributed by atoms with Gasteiger partial charge in [-0.15, -0.1) is 0 Å². The van der Waals surface area contributed by atoms with E-state index < -0.39 is 0 Å². The first-order valence-electron chi connectivity index (χ1n) is 3.26. The maximum atomic E-state index is 8.15. The van der Waals surface area contributed by atoms with Crippen LogP contribution < -0.4 is 5.32 Å². The van der Waals surface area contributed by atoms with Crippen molar-refractivity contribution < 1.29 is 0 Å². The third kappa shape index (κ3) is 2.36. The Kier molecular flexibility index (Phi) is 3.30. The average Bonchev–Trinajstić information content (AvgIpc) is 2.09. The van der Waals surface area contributed by atoms with Gasteiger partial charge in [0.05, 0.1) is 5.69 Å². The Hall–Kier alpha value is -1.34. The van der Waals surface area contributed by atoms with E-state index >= 15 is 0 Å². The lowest BCUT2D eigenvalue weighted by Gasteiger charge is -1.94. The minimum atomic E-state index is 0.792. The van der Waals surface area contributed by atoms with Crippen LogP contribution in [0.15, 0.2) is 33.7 Å². The van der Waals surface area contributed by atoms with Gasteiger partial charge in [-0.2, -0.15) is 5.26 Å². The number of halogens is 1. The lowest BCUT2D eigenvalue weighted by Crippen LogP contribution is -1.98. The number of hydrogen-bond acceptors (Lipinski definition) is 2. The summed E-state index contributed by atoms with van der Waals surface area (Å²) in [6.45, 7) is 0. The summed E-state index contributed by atoms with van der Waals surface area (Å²) in [6.07, 6.45) is 3.09. The smallest absolute Gasteiger partial charge is 0.182 e. The molecule has 0 heterocycles. The van der Waals surface area contributed by atoms with Crippen molar-refractivity contribution in [2.24, 2.45) is 4.99 Å². The van der Waals surface area contributed by atoms with Crippen molar-refractivity contribution in [1.82, 2.24) is 5.32 Å². The van der Waals surface area contributed by atoms with E-state index in [-0.39, 0.29) is 0 Å². The van der Waals surface area contributed by atoms with Crippen LogP contribution in [-0.4, -0.2) is 6.34 Å². The topological polar surface area (TPSA) is 48.2 Å². The third-order valence-electron chi connectivity index (χ3n) is 1.19. The van der Waals surface area contributed by atoms with Crippen molar-refractivity contribution in [3.8, 4) is 6.19 Å². The lowest BCUT2D eigenvalue weighted by molar-refractivity contribution is 1.29.